The highest BCUT2D eigenvalue weighted by Crippen LogP contribution is 2.47. The van der Waals surface area contributed by atoms with Gasteiger partial charge in [-0.1, -0.05) is 62.4 Å². The molecule has 0 aromatic heterocycles. The lowest BCUT2D eigenvalue weighted by Crippen LogP contribution is -2.49. The molecule has 250 valence electrons. The molecule has 2 unspecified atom stereocenters. The molecule has 3 aliphatic rings. The number of hydrogen-bond acceptors (Lipinski definition) is 5. The van der Waals surface area contributed by atoms with E-state index in [1.54, 1.807) is 0 Å². The summed E-state index contributed by atoms with van der Waals surface area (Å²) in [6.07, 6.45) is 6.03. The molecular weight excluding hydrogens is 590 g/mol. The van der Waals surface area contributed by atoms with Crippen LogP contribution in [-0.2, 0) is 12.8 Å². The second-order valence-corrected chi connectivity index (χ2v) is 14.2. The average molecular weight is 642 g/mol. The Morgan fingerprint density at radius 2 is 1.44 bits per heavy atom. The third-order valence-electron chi connectivity index (χ3n) is 11.4. The summed E-state index contributed by atoms with van der Waals surface area (Å²) in [5.41, 5.74) is 10.1. The zero-order valence-corrected chi connectivity index (χ0v) is 28.8. The maximum absolute atomic E-state index is 12.4. The van der Waals surface area contributed by atoms with Crippen molar-refractivity contribution in [2.45, 2.75) is 64.2 Å². The Kier molecular flexibility index (Phi) is 9.86. The van der Waals surface area contributed by atoms with Gasteiger partial charge in [-0.15, -0.1) is 0 Å². The van der Waals surface area contributed by atoms with Gasteiger partial charge < -0.3 is 14.9 Å². The van der Waals surface area contributed by atoms with Crippen molar-refractivity contribution in [3.63, 3.8) is 0 Å². The third-order valence-corrected chi connectivity index (χ3v) is 11.4. The number of ketones is 1. The van der Waals surface area contributed by atoms with Crippen molar-refractivity contribution in [1.29, 1.82) is 0 Å². The smallest absolute Gasteiger partial charge is 0.162 e. The number of carbonyl (C=O) groups is 1. The molecule has 5 heteroatoms. The van der Waals surface area contributed by atoms with Gasteiger partial charge in [-0.25, -0.2) is 0 Å². The summed E-state index contributed by atoms with van der Waals surface area (Å²) in [4.78, 5) is 20.1. The number of hydrogen-bond donors (Lipinski definition) is 1. The predicted octanol–water partition coefficient (Wildman–Crippen LogP) is 8.45. The van der Waals surface area contributed by atoms with Gasteiger partial charge >= 0.3 is 0 Å². The van der Waals surface area contributed by atoms with Crippen LogP contribution in [-0.4, -0.2) is 61.6 Å². The largest absolute Gasteiger partial charge is 0.508 e. The monoisotopic (exact) mass is 641 g/mol. The van der Waals surface area contributed by atoms with Crippen molar-refractivity contribution in [3.8, 4) is 5.75 Å². The number of piperazine rings is 1. The number of fused-ring (bicyclic) bond motifs is 1. The van der Waals surface area contributed by atoms with Crippen molar-refractivity contribution < 1.29 is 9.90 Å². The quantitative estimate of drug-likeness (QED) is 0.186. The number of piperidine rings is 1. The molecule has 2 fully saturated rings. The standard InChI is InChI=1S/C43H51N3O2/c1-3-32-28-37(15-18-39(32)42(48)4-2)46-26-24-44(25-27-46)30-31-20-22-45(23-21-31)36-13-10-34(11-14-36)43-40(33-8-6-5-7-9-33)17-12-35-29-38(47)16-19-41(35)43/h5-11,13-16,18-19,28-29,31,40,43,47H,3-4,12,17,20-27,30H2,1-2H3. The molecule has 0 bridgehead atoms. The first kappa shape index (κ1) is 32.5. The van der Waals surface area contributed by atoms with E-state index < -0.39 is 0 Å². The highest BCUT2D eigenvalue weighted by atomic mass is 16.3. The topological polar surface area (TPSA) is 47.0 Å². The van der Waals surface area contributed by atoms with Crippen LogP contribution in [0.3, 0.4) is 0 Å². The van der Waals surface area contributed by atoms with E-state index in [9.17, 15) is 9.90 Å². The number of phenols is 1. The molecule has 2 aliphatic heterocycles. The van der Waals surface area contributed by atoms with Crippen molar-refractivity contribution >= 4 is 17.2 Å². The van der Waals surface area contributed by atoms with Crippen molar-refractivity contribution in [1.82, 2.24) is 4.90 Å². The van der Waals surface area contributed by atoms with Crippen LogP contribution in [0.4, 0.5) is 11.4 Å². The van der Waals surface area contributed by atoms with Crippen molar-refractivity contribution in [3.05, 3.63) is 124 Å². The van der Waals surface area contributed by atoms with Crippen LogP contribution in [0.25, 0.3) is 0 Å². The van der Waals surface area contributed by atoms with Crippen LogP contribution < -0.4 is 9.80 Å². The van der Waals surface area contributed by atoms with Gasteiger partial charge in [-0.3, -0.25) is 9.69 Å². The van der Waals surface area contributed by atoms with Crippen LogP contribution in [0.15, 0.2) is 91.0 Å². The number of anilines is 2. The minimum absolute atomic E-state index is 0.247. The Bertz CT molecular complexity index is 1690. The van der Waals surface area contributed by atoms with Gasteiger partial charge in [0.2, 0.25) is 0 Å². The first-order valence-corrected chi connectivity index (χ1v) is 18.4. The summed E-state index contributed by atoms with van der Waals surface area (Å²) >= 11 is 0. The molecule has 0 spiro atoms. The van der Waals surface area contributed by atoms with E-state index in [1.165, 1.54) is 58.6 Å². The Morgan fingerprint density at radius 1 is 0.729 bits per heavy atom. The first-order chi connectivity index (χ1) is 23.5. The summed E-state index contributed by atoms with van der Waals surface area (Å²) in [5.74, 6) is 2.08. The summed E-state index contributed by atoms with van der Waals surface area (Å²) in [6.45, 7) is 11.8. The van der Waals surface area contributed by atoms with E-state index in [2.05, 4.69) is 100 Å². The fourth-order valence-corrected chi connectivity index (χ4v) is 8.63. The number of nitrogens with zero attached hydrogens (tertiary/aromatic N) is 3. The number of Topliss-reactive ketones (excluding diaryl/α,β-unsaturated/α-hetero) is 1. The van der Waals surface area contributed by atoms with E-state index in [-0.39, 0.29) is 11.7 Å². The number of aryl methyl sites for hydroxylation is 2. The van der Waals surface area contributed by atoms with E-state index in [0.29, 0.717) is 18.1 Å². The lowest BCUT2D eigenvalue weighted by atomic mass is 9.69. The Hall–Kier alpha value is -4.09. The second kappa shape index (κ2) is 14.6. The molecule has 1 aliphatic carbocycles. The van der Waals surface area contributed by atoms with Gasteiger partial charge in [0.05, 0.1) is 0 Å². The summed E-state index contributed by atoms with van der Waals surface area (Å²) < 4.78 is 0. The molecule has 2 heterocycles. The molecule has 1 N–H and O–H groups in total. The molecular formula is C43H51N3O2. The molecule has 7 rings (SSSR count). The van der Waals surface area contributed by atoms with E-state index in [4.69, 9.17) is 0 Å². The maximum atomic E-state index is 12.4. The lowest BCUT2D eigenvalue weighted by molar-refractivity contribution is 0.0987. The number of benzene rings is 4. The SMILES string of the molecule is CCC(=O)c1ccc(N2CCN(CC3CCN(c4ccc(C5c6ccc(O)cc6CCC5c5ccccc5)cc4)CC3)CC2)cc1CC. The van der Waals surface area contributed by atoms with Crippen LogP contribution in [0.1, 0.15) is 89.5 Å². The molecule has 0 saturated carbocycles. The van der Waals surface area contributed by atoms with Crippen LogP contribution >= 0.6 is 0 Å². The Labute approximate surface area is 287 Å². The summed E-state index contributed by atoms with van der Waals surface area (Å²) in [5, 5.41) is 10.2. The van der Waals surface area contributed by atoms with Gasteiger partial charge in [-0.2, -0.15) is 0 Å². The van der Waals surface area contributed by atoms with E-state index in [0.717, 1.165) is 70.0 Å². The minimum Gasteiger partial charge on any atom is -0.508 e. The molecule has 0 amide bonds. The maximum Gasteiger partial charge on any atom is 0.162 e. The summed E-state index contributed by atoms with van der Waals surface area (Å²) in [6, 6.07) is 32.8. The molecule has 5 nitrogen and oxygen atoms in total. The van der Waals surface area contributed by atoms with Crippen molar-refractivity contribution in [2.75, 3.05) is 55.6 Å². The fraction of sp³-hybridized carbons (Fsp3) is 0.419. The third kappa shape index (κ3) is 6.89. The van der Waals surface area contributed by atoms with E-state index in [1.807, 2.05) is 19.1 Å². The molecule has 4 aromatic carbocycles. The van der Waals surface area contributed by atoms with Gasteiger partial charge in [0.1, 0.15) is 5.75 Å². The van der Waals surface area contributed by atoms with Crippen LogP contribution in [0, 0.1) is 5.92 Å². The zero-order valence-electron chi connectivity index (χ0n) is 28.8. The normalized spacial score (nSPS) is 20.5. The molecule has 0 radical (unpaired) electrons. The molecule has 2 saturated heterocycles. The van der Waals surface area contributed by atoms with Gasteiger partial charge in [0.15, 0.2) is 5.78 Å². The number of phenolic OH excluding ortho intramolecular Hbond substituents is 1. The minimum atomic E-state index is 0.247. The summed E-state index contributed by atoms with van der Waals surface area (Å²) in [7, 11) is 0. The fourth-order valence-electron chi connectivity index (χ4n) is 8.63. The molecule has 48 heavy (non-hydrogen) atoms. The highest BCUT2D eigenvalue weighted by Gasteiger charge is 2.32. The van der Waals surface area contributed by atoms with Crippen LogP contribution in [0.5, 0.6) is 5.75 Å². The lowest BCUT2D eigenvalue weighted by Gasteiger charge is -2.40. The molecule has 4 aromatic rings. The number of aromatic hydroxyl groups is 1. The van der Waals surface area contributed by atoms with Gasteiger partial charge in [-0.05, 0) is 114 Å². The van der Waals surface area contributed by atoms with Gasteiger partial charge in [0.25, 0.3) is 0 Å². The van der Waals surface area contributed by atoms with Crippen molar-refractivity contribution in [2.24, 2.45) is 5.92 Å². The average Bonchev–Trinajstić information content (AvgIpc) is 3.15. The Morgan fingerprint density at radius 3 is 2.15 bits per heavy atom. The zero-order chi connectivity index (χ0) is 33.0. The number of rotatable bonds is 9. The van der Waals surface area contributed by atoms with E-state index >= 15 is 0 Å². The van der Waals surface area contributed by atoms with Gasteiger partial charge in [0, 0.05) is 75.1 Å². The first-order valence-electron chi connectivity index (χ1n) is 18.4. The highest BCUT2D eigenvalue weighted by molar-refractivity contribution is 5.97. The molecule has 2 atom stereocenters. The Balaban J connectivity index is 0.945. The predicted molar refractivity (Wildman–Crippen MR) is 198 cm³/mol. The number of carbonyl (C=O) groups excluding carboxylic acids is 1. The second-order valence-electron chi connectivity index (χ2n) is 14.2. The van der Waals surface area contributed by atoms with Crippen LogP contribution in [0.2, 0.25) is 0 Å².